The Kier molecular flexibility index (Phi) is 6.21. The minimum Gasteiger partial charge on any atom is -0.480 e. The molecule has 0 spiro atoms. The second kappa shape index (κ2) is 6.60. The Morgan fingerprint density at radius 2 is 1.93 bits per heavy atom. The Morgan fingerprint density at radius 3 is 2.36 bits per heavy atom. The Balaban J connectivity index is 3.79. The van der Waals surface area contributed by atoms with Crippen molar-refractivity contribution in [1.29, 1.82) is 0 Å². The lowest BCUT2D eigenvalue weighted by Gasteiger charge is -2.11. The van der Waals surface area contributed by atoms with Crippen LogP contribution in [-0.4, -0.2) is 24.2 Å². The molecule has 14 heavy (non-hydrogen) atoms. The standard InChI is InChI=1S/C11H21NO2/c1-8(2)10(4)9(3)5-6-12-7-11(13)14/h8,12H,5-7H2,1-4H3,(H,13,14). The number of hydrogen-bond acceptors (Lipinski definition) is 2. The minimum absolute atomic E-state index is 0.0496. The first-order valence-electron chi connectivity index (χ1n) is 5.04. The van der Waals surface area contributed by atoms with E-state index in [1.54, 1.807) is 0 Å². The maximum Gasteiger partial charge on any atom is 0.317 e. The fraction of sp³-hybridized carbons (Fsp3) is 0.727. The molecule has 0 amide bonds. The maximum absolute atomic E-state index is 10.2. The summed E-state index contributed by atoms with van der Waals surface area (Å²) in [5.41, 5.74) is 2.76. The van der Waals surface area contributed by atoms with Gasteiger partial charge < -0.3 is 10.4 Å². The van der Waals surface area contributed by atoms with Crippen molar-refractivity contribution in [2.75, 3.05) is 13.1 Å². The van der Waals surface area contributed by atoms with Crippen LogP contribution in [0.25, 0.3) is 0 Å². The van der Waals surface area contributed by atoms with Crippen LogP contribution in [0.1, 0.15) is 34.1 Å². The van der Waals surface area contributed by atoms with Crippen LogP contribution in [0.4, 0.5) is 0 Å². The van der Waals surface area contributed by atoms with E-state index in [1.807, 2.05) is 0 Å². The van der Waals surface area contributed by atoms with Gasteiger partial charge in [-0.2, -0.15) is 0 Å². The van der Waals surface area contributed by atoms with Gasteiger partial charge in [-0.1, -0.05) is 25.0 Å². The van der Waals surface area contributed by atoms with Gasteiger partial charge in [-0.25, -0.2) is 0 Å². The summed E-state index contributed by atoms with van der Waals surface area (Å²) in [6.07, 6.45) is 0.928. The summed E-state index contributed by atoms with van der Waals surface area (Å²) < 4.78 is 0. The Labute approximate surface area is 86.2 Å². The van der Waals surface area contributed by atoms with Crippen LogP contribution in [0.15, 0.2) is 11.1 Å². The van der Waals surface area contributed by atoms with Gasteiger partial charge in [0.25, 0.3) is 0 Å². The highest BCUT2D eigenvalue weighted by atomic mass is 16.4. The summed E-state index contributed by atoms with van der Waals surface area (Å²) >= 11 is 0. The van der Waals surface area contributed by atoms with Gasteiger partial charge in [-0.15, -0.1) is 0 Å². The summed E-state index contributed by atoms with van der Waals surface area (Å²) in [6, 6.07) is 0. The van der Waals surface area contributed by atoms with Crippen molar-refractivity contribution in [3.8, 4) is 0 Å². The van der Waals surface area contributed by atoms with E-state index >= 15 is 0 Å². The van der Waals surface area contributed by atoms with E-state index < -0.39 is 5.97 Å². The van der Waals surface area contributed by atoms with Gasteiger partial charge in [0.1, 0.15) is 0 Å². The molecular formula is C11H21NO2. The number of rotatable bonds is 6. The third kappa shape index (κ3) is 5.75. The number of carboxylic acid groups (broad SMARTS) is 1. The van der Waals surface area contributed by atoms with Gasteiger partial charge in [-0.3, -0.25) is 4.79 Å². The summed E-state index contributed by atoms with van der Waals surface area (Å²) in [5.74, 6) is -0.221. The Morgan fingerprint density at radius 1 is 1.36 bits per heavy atom. The van der Waals surface area contributed by atoms with E-state index in [2.05, 4.69) is 33.0 Å². The lowest BCUT2D eigenvalue weighted by Crippen LogP contribution is -2.23. The first-order chi connectivity index (χ1) is 6.45. The van der Waals surface area contributed by atoms with Gasteiger partial charge in [0.2, 0.25) is 0 Å². The SMILES string of the molecule is CC(CCNCC(=O)O)=C(C)C(C)C. The lowest BCUT2D eigenvalue weighted by atomic mass is 9.98. The summed E-state index contributed by atoms with van der Waals surface area (Å²) in [6.45, 7) is 9.37. The highest BCUT2D eigenvalue weighted by molar-refractivity contribution is 5.68. The molecule has 0 aromatic carbocycles. The zero-order valence-electron chi connectivity index (χ0n) is 9.55. The second-order valence-electron chi connectivity index (χ2n) is 3.94. The molecule has 0 aromatic heterocycles. The topological polar surface area (TPSA) is 49.3 Å². The van der Waals surface area contributed by atoms with Crippen molar-refractivity contribution in [2.24, 2.45) is 5.92 Å². The van der Waals surface area contributed by atoms with Crippen molar-refractivity contribution in [2.45, 2.75) is 34.1 Å². The normalized spacial score (nSPS) is 12.9. The molecule has 0 bridgehead atoms. The van der Waals surface area contributed by atoms with Crippen molar-refractivity contribution < 1.29 is 9.90 Å². The molecule has 0 aliphatic rings. The molecule has 0 atom stereocenters. The summed E-state index contributed by atoms with van der Waals surface area (Å²) in [5, 5.41) is 11.3. The highest BCUT2D eigenvalue weighted by Crippen LogP contribution is 2.15. The van der Waals surface area contributed by atoms with Crippen molar-refractivity contribution >= 4 is 5.97 Å². The first-order valence-corrected chi connectivity index (χ1v) is 5.04. The molecule has 2 N–H and O–H groups in total. The van der Waals surface area contributed by atoms with Gasteiger partial charge >= 0.3 is 5.97 Å². The second-order valence-corrected chi connectivity index (χ2v) is 3.94. The third-order valence-electron chi connectivity index (χ3n) is 2.49. The zero-order valence-corrected chi connectivity index (χ0v) is 9.55. The van der Waals surface area contributed by atoms with Crippen LogP contribution < -0.4 is 5.32 Å². The molecule has 0 saturated carbocycles. The average molecular weight is 199 g/mol. The molecule has 3 heteroatoms. The van der Waals surface area contributed by atoms with Gasteiger partial charge in [0, 0.05) is 0 Å². The first kappa shape index (κ1) is 13.2. The number of carboxylic acids is 1. The van der Waals surface area contributed by atoms with Crippen LogP contribution in [0.5, 0.6) is 0 Å². The molecule has 82 valence electrons. The van der Waals surface area contributed by atoms with E-state index in [9.17, 15) is 4.79 Å². The number of allylic oxidation sites excluding steroid dienone is 1. The molecule has 0 heterocycles. The van der Waals surface area contributed by atoms with E-state index in [0.29, 0.717) is 5.92 Å². The number of hydrogen-bond donors (Lipinski definition) is 2. The zero-order chi connectivity index (χ0) is 11.1. The summed E-state index contributed by atoms with van der Waals surface area (Å²) in [7, 11) is 0. The molecule has 0 saturated heterocycles. The van der Waals surface area contributed by atoms with Crippen molar-refractivity contribution in [3.05, 3.63) is 11.1 Å². The fourth-order valence-electron chi connectivity index (χ4n) is 1.16. The lowest BCUT2D eigenvalue weighted by molar-refractivity contribution is -0.135. The quantitative estimate of drug-likeness (QED) is 0.508. The fourth-order valence-corrected chi connectivity index (χ4v) is 1.16. The molecule has 0 aliphatic heterocycles. The molecule has 0 radical (unpaired) electrons. The largest absolute Gasteiger partial charge is 0.480 e. The molecule has 0 unspecified atom stereocenters. The number of aliphatic carboxylic acids is 1. The van der Waals surface area contributed by atoms with E-state index in [1.165, 1.54) is 11.1 Å². The van der Waals surface area contributed by atoms with Crippen molar-refractivity contribution in [1.82, 2.24) is 5.32 Å². The maximum atomic E-state index is 10.2. The minimum atomic E-state index is -0.799. The highest BCUT2D eigenvalue weighted by Gasteiger charge is 2.02. The smallest absolute Gasteiger partial charge is 0.317 e. The van der Waals surface area contributed by atoms with Gasteiger partial charge in [-0.05, 0) is 32.7 Å². The van der Waals surface area contributed by atoms with Crippen LogP contribution >= 0.6 is 0 Å². The predicted octanol–water partition coefficient (Wildman–Crippen LogP) is 2.04. The number of nitrogens with one attached hydrogen (secondary N) is 1. The molecule has 0 aromatic rings. The number of carbonyl (C=O) groups is 1. The third-order valence-corrected chi connectivity index (χ3v) is 2.49. The van der Waals surface area contributed by atoms with Crippen LogP contribution in [-0.2, 0) is 4.79 Å². The average Bonchev–Trinajstić information content (AvgIpc) is 2.10. The molecule has 0 fully saturated rings. The van der Waals surface area contributed by atoms with E-state index in [4.69, 9.17) is 5.11 Å². The molecule has 0 rings (SSSR count). The van der Waals surface area contributed by atoms with Crippen LogP contribution in [0.2, 0.25) is 0 Å². The molecular weight excluding hydrogens is 178 g/mol. The Hall–Kier alpha value is -0.830. The monoisotopic (exact) mass is 199 g/mol. The molecule has 3 nitrogen and oxygen atoms in total. The van der Waals surface area contributed by atoms with Crippen molar-refractivity contribution in [3.63, 3.8) is 0 Å². The van der Waals surface area contributed by atoms with Crippen LogP contribution in [0.3, 0.4) is 0 Å². The van der Waals surface area contributed by atoms with E-state index in [0.717, 1.165) is 13.0 Å². The van der Waals surface area contributed by atoms with Gasteiger partial charge in [0.15, 0.2) is 0 Å². The molecule has 0 aliphatic carbocycles. The predicted molar refractivity (Wildman–Crippen MR) is 58.3 cm³/mol. The van der Waals surface area contributed by atoms with Crippen LogP contribution in [0, 0.1) is 5.92 Å². The summed E-state index contributed by atoms with van der Waals surface area (Å²) in [4.78, 5) is 10.2. The van der Waals surface area contributed by atoms with Gasteiger partial charge in [0.05, 0.1) is 6.54 Å². The Bertz CT molecular complexity index is 219. The van der Waals surface area contributed by atoms with E-state index in [-0.39, 0.29) is 6.54 Å².